The molecule has 0 atom stereocenters. The molecule has 0 radical (unpaired) electrons. The number of pyridine rings is 3. The van der Waals surface area contributed by atoms with Crippen molar-refractivity contribution in [1.29, 1.82) is 0 Å². The van der Waals surface area contributed by atoms with Crippen molar-refractivity contribution in [3.8, 4) is 11.1 Å². The highest BCUT2D eigenvalue weighted by Gasteiger charge is 2.13. The normalized spacial score (nSPS) is 11.3. The molecule has 0 spiro atoms. The SMILES string of the molecule is O=c1c(-c2ccccc2)ccc2c3sccc3c(Cc3ccccn3)cn12. The number of nitrogens with zero attached hydrogens (tertiary/aromatic N) is 2. The second-order valence-corrected chi connectivity index (χ2v) is 7.41. The first-order chi connectivity index (χ1) is 13.3. The zero-order valence-corrected chi connectivity index (χ0v) is 15.3. The van der Waals surface area contributed by atoms with Gasteiger partial charge < -0.3 is 0 Å². The molecule has 0 aliphatic rings. The van der Waals surface area contributed by atoms with Gasteiger partial charge in [0.2, 0.25) is 0 Å². The Labute approximate surface area is 160 Å². The van der Waals surface area contributed by atoms with Crippen LogP contribution in [-0.2, 0) is 6.42 Å². The van der Waals surface area contributed by atoms with Crippen molar-refractivity contribution in [1.82, 2.24) is 9.38 Å². The standard InChI is InChI=1S/C23H16N2OS/c26-23-20(16-6-2-1-3-7-16)9-10-21-22-19(11-13-27-22)17(15-25(21)23)14-18-8-4-5-12-24-18/h1-13,15H,14H2. The van der Waals surface area contributed by atoms with E-state index in [-0.39, 0.29) is 5.56 Å². The molecule has 0 bridgehead atoms. The number of rotatable bonds is 3. The van der Waals surface area contributed by atoms with Gasteiger partial charge in [-0.15, -0.1) is 11.3 Å². The van der Waals surface area contributed by atoms with E-state index in [0.29, 0.717) is 12.0 Å². The summed E-state index contributed by atoms with van der Waals surface area (Å²) in [5.74, 6) is 0. The van der Waals surface area contributed by atoms with Gasteiger partial charge in [0.05, 0.1) is 10.2 Å². The molecule has 0 aliphatic heterocycles. The number of hydrogen-bond donors (Lipinski definition) is 0. The highest BCUT2D eigenvalue weighted by molar-refractivity contribution is 7.18. The summed E-state index contributed by atoms with van der Waals surface area (Å²) < 4.78 is 2.93. The van der Waals surface area contributed by atoms with Gasteiger partial charge >= 0.3 is 0 Å². The van der Waals surface area contributed by atoms with E-state index < -0.39 is 0 Å². The van der Waals surface area contributed by atoms with Crippen LogP contribution >= 0.6 is 11.3 Å². The van der Waals surface area contributed by atoms with Crippen LogP contribution in [0, 0.1) is 0 Å². The van der Waals surface area contributed by atoms with E-state index in [2.05, 4.69) is 16.4 Å². The second kappa shape index (κ2) is 6.49. The molecule has 0 N–H and O–H groups in total. The van der Waals surface area contributed by atoms with Gasteiger partial charge in [0.25, 0.3) is 5.56 Å². The van der Waals surface area contributed by atoms with E-state index >= 15 is 0 Å². The van der Waals surface area contributed by atoms with Gasteiger partial charge in [0.15, 0.2) is 0 Å². The average molecular weight is 368 g/mol. The first-order valence-corrected chi connectivity index (χ1v) is 9.69. The molecule has 4 aromatic heterocycles. The maximum Gasteiger partial charge on any atom is 0.263 e. The van der Waals surface area contributed by atoms with Crippen molar-refractivity contribution in [2.75, 3.05) is 0 Å². The van der Waals surface area contributed by atoms with Gasteiger partial charge in [-0.1, -0.05) is 36.4 Å². The maximum atomic E-state index is 13.3. The molecule has 5 aromatic rings. The summed E-state index contributed by atoms with van der Waals surface area (Å²) >= 11 is 1.67. The molecule has 130 valence electrons. The Balaban J connectivity index is 1.77. The molecule has 0 amide bonds. The smallest absolute Gasteiger partial charge is 0.263 e. The molecular weight excluding hydrogens is 352 g/mol. The Kier molecular flexibility index (Phi) is 3.84. The van der Waals surface area contributed by atoms with Crippen LogP contribution in [0.25, 0.3) is 26.7 Å². The Hall–Kier alpha value is -3.24. The van der Waals surface area contributed by atoms with Crippen molar-refractivity contribution in [3.63, 3.8) is 0 Å². The average Bonchev–Trinajstić information content (AvgIpc) is 3.21. The lowest BCUT2D eigenvalue weighted by atomic mass is 10.0. The molecule has 4 heterocycles. The number of aromatic nitrogens is 2. The van der Waals surface area contributed by atoms with Crippen LogP contribution in [-0.4, -0.2) is 9.38 Å². The molecule has 27 heavy (non-hydrogen) atoms. The topological polar surface area (TPSA) is 34.4 Å². The fraction of sp³-hybridized carbons (Fsp3) is 0.0435. The van der Waals surface area contributed by atoms with Crippen LogP contribution in [0.4, 0.5) is 0 Å². The van der Waals surface area contributed by atoms with E-state index in [1.165, 1.54) is 5.39 Å². The van der Waals surface area contributed by atoms with Gasteiger partial charge in [-0.3, -0.25) is 14.2 Å². The molecule has 3 nitrogen and oxygen atoms in total. The largest absolute Gasteiger partial charge is 0.282 e. The van der Waals surface area contributed by atoms with E-state index in [9.17, 15) is 4.79 Å². The lowest BCUT2D eigenvalue weighted by molar-refractivity contribution is 1.03. The van der Waals surface area contributed by atoms with E-state index in [1.54, 1.807) is 21.9 Å². The third-order valence-electron chi connectivity index (χ3n) is 4.83. The Morgan fingerprint density at radius 1 is 0.926 bits per heavy atom. The first kappa shape index (κ1) is 16.0. The number of benzene rings is 1. The fourth-order valence-electron chi connectivity index (χ4n) is 3.53. The molecule has 0 unspecified atom stereocenters. The summed E-state index contributed by atoms with van der Waals surface area (Å²) in [7, 11) is 0. The van der Waals surface area contributed by atoms with Gasteiger partial charge in [-0.25, -0.2) is 0 Å². The van der Waals surface area contributed by atoms with Gasteiger partial charge in [-0.05, 0) is 52.2 Å². The maximum absolute atomic E-state index is 13.3. The summed E-state index contributed by atoms with van der Waals surface area (Å²) in [6.07, 6.45) is 4.49. The summed E-state index contributed by atoms with van der Waals surface area (Å²) in [5, 5.41) is 3.28. The minimum Gasteiger partial charge on any atom is -0.282 e. The van der Waals surface area contributed by atoms with Crippen LogP contribution in [0.1, 0.15) is 11.3 Å². The Morgan fingerprint density at radius 3 is 2.59 bits per heavy atom. The highest BCUT2D eigenvalue weighted by Crippen LogP contribution is 2.30. The van der Waals surface area contributed by atoms with Crippen LogP contribution in [0.5, 0.6) is 0 Å². The Bertz CT molecular complexity index is 1300. The minimum absolute atomic E-state index is 0.0104. The van der Waals surface area contributed by atoms with Crippen LogP contribution in [0.2, 0.25) is 0 Å². The number of fused-ring (bicyclic) bond motifs is 3. The van der Waals surface area contributed by atoms with Crippen LogP contribution in [0.15, 0.2) is 89.3 Å². The second-order valence-electron chi connectivity index (χ2n) is 6.49. The molecule has 1 aromatic carbocycles. The lowest BCUT2D eigenvalue weighted by Crippen LogP contribution is -2.16. The molecular formula is C23H16N2OS. The summed E-state index contributed by atoms with van der Waals surface area (Å²) in [6.45, 7) is 0. The van der Waals surface area contributed by atoms with E-state index in [1.807, 2.05) is 66.9 Å². The molecule has 4 heteroatoms. The van der Waals surface area contributed by atoms with Crippen molar-refractivity contribution in [2.24, 2.45) is 0 Å². The van der Waals surface area contributed by atoms with Crippen LogP contribution in [0.3, 0.4) is 0 Å². The summed E-state index contributed by atoms with van der Waals surface area (Å²) in [5.41, 5.74) is 4.73. The molecule has 5 rings (SSSR count). The summed E-state index contributed by atoms with van der Waals surface area (Å²) in [6, 6.07) is 21.9. The van der Waals surface area contributed by atoms with E-state index in [4.69, 9.17) is 0 Å². The third-order valence-corrected chi connectivity index (χ3v) is 5.76. The molecule has 0 fully saturated rings. The van der Waals surface area contributed by atoms with Crippen molar-refractivity contribution < 1.29 is 0 Å². The quantitative estimate of drug-likeness (QED) is 0.440. The Morgan fingerprint density at radius 2 is 1.78 bits per heavy atom. The van der Waals surface area contributed by atoms with Crippen molar-refractivity contribution in [3.05, 3.63) is 106 Å². The first-order valence-electron chi connectivity index (χ1n) is 8.81. The van der Waals surface area contributed by atoms with Gasteiger partial charge in [0, 0.05) is 30.1 Å². The zero-order chi connectivity index (χ0) is 18.2. The molecule has 0 saturated carbocycles. The highest BCUT2D eigenvalue weighted by atomic mass is 32.1. The van der Waals surface area contributed by atoms with Gasteiger partial charge in [-0.2, -0.15) is 0 Å². The fourth-order valence-corrected chi connectivity index (χ4v) is 4.48. The number of hydrogen-bond acceptors (Lipinski definition) is 3. The third kappa shape index (κ3) is 2.75. The van der Waals surface area contributed by atoms with Crippen LogP contribution < -0.4 is 5.56 Å². The summed E-state index contributed by atoms with van der Waals surface area (Å²) in [4.78, 5) is 17.7. The van der Waals surface area contributed by atoms with Gasteiger partial charge in [0.1, 0.15) is 0 Å². The predicted octanol–water partition coefficient (Wildman–Crippen LogP) is 5.17. The number of thiophene rings is 1. The lowest BCUT2D eigenvalue weighted by Gasteiger charge is -2.10. The minimum atomic E-state index is 0.0104. The molecule has 0 aliphatic carbocycles. The molecule has 0 saturated heterocycles. The van der Waals surface area contributed by atoms with Crippen molar-refractivity contribution in [2.45, 2.75) is 6.42 Å². The van der Waals surface area contributed by atoms with Crippen molar-refractivity contribution >= 4 is 26.9 Å². The predicted molar refractivity (Wildman–Crippen MR) is 112 cm³/mol. The zero-order valence-electron chi connectivity index (χ0n) is 14.5. The monoisotopic (exact) mass is 368 g/mol. The van der Waals surface area contributed by atoms with E-state index in [0.717, 1.165) is 27.0 Å².